The van der Waals surface area contributed by atoms with Gasteiger partial charge in [-0.15, -0.1) is 0 Å². The first kappa shape index (κ1) is 9.85. The number of carbonyl (C=O) groups excluding carboxylic acids is 1. The van der Waals surface area contributed by atoms with Crippen LogP contribution in [-0.4, -0.2) is 15.8 Å². The highest BCUT2D eigenvalue weighted by Gasteiger charge is 2.07. The van der Waals surface area contributed by atoms with Gasteiger partial charge in [0.1, 0.15) is 5.82 Å². The second-order valence-corrected chi connectivity index (χ2v) is 2.35. The van der Waals surface area contributed by atoms with Crippen molar-refractivity contribution in [3.63, 3.8) is 0 Å². The molecule has 0 aromatic carbocycles. The van der Waals surface area contributed by atoms with Crippen LogP contribution in [0.5, 0.6) is 0 Å². The third kappa shape index (κ3) is 2.37. The summed E-state index contributed by atoms with van der Waals surface area (Å²) in [7, 11) is 0. The fourth-order valence-electron chi connectivity index (χ4n) is 0.779. The van der Waals surface area contributed by atoms with E-state index in [9.17, 15) is 14.9 Å². The average Bonchev–Trinajstić information content (AvgIpc) is 2.18. The quantitative estimate of drug-likeness (QED) is 0.442. The Labute approximate surface area is 79.4 Å². The summed E-state index contributed by atoms with van der Waals surface area (Å²) in [4.78, 5) is 24.3. The van der Waals surface area contributed by atoms with Gasteiger partial charge in [-0.2, -0.15) is 0 Å². The Bertz CT molecular complexity index is 389. The number of carbonyl (C=O) groups is 1. The van der Waals surface area contributed by atoms with Crippen LogP contribution in [0, 0.1) is 10.1 Å². The molecule has 0 spiro atoms. The van der Waals surface area contributed by atoms with Gasteiger partial charge in [-0.1, -0.05) is 6.58 Å². The fraction of sp³-hybridized carbons (Fsp3) is 0. The van der Waals surface area contributed by atoms with Crippen LogP contribution in [0.3, 0.4) is 0 Å². The van der Waals surface area contributed by atoms with Gasteiger partial charge in [0.15, 0.2) is 0 Å². The van der Waals surface area contributed by atoms with Crippen molar-refractivity contribution < 1.29 is 9.72 Å². The highest BCUT2D eigenvalue weighted by Crippen LogP contribution is 2.13. The van der Waals surface area contributed by atoms with E-state index >= 15 is 0 Å². The molecule has 72 valence electrons. The summed E-state index contributed by atoms with van der Waals surface area (Å²) in [5, 5.41) is 12.7. The SMILES string of the molecule is C=CC(=O)Nc1cc([N+](=O)[O-])ccn1. The minimum absolute atomic E-state index is 0.126. The van der Waals surface area contributed by atoms with Gasteiger partial charge in [-0.05, 0) is 6.08 Å². The molecule has 6 nitrogen and oxygen atoms in total. The summed E-state index contributed by atoms with van der Waals surface area (Å²) >= 11 is 0. The number of pyridine rings is 1. The Hall–Kier alpha value is -2.24. The lowest BCUT2D eigenvalue weighted by Crippen LogP contribution is -2.08. The van der Waals surface area contributed by atoms with E-state index in [1.807, 2.05) is 0 Å². The Morgan fingerprint density at radius 2 is 2.43 bits per heavy atom. The number of hydrogen-bond acceptors (Lipinski definition) is 4. The topological polar surface area (TPSA) is 85.1 Å². The molecule has 1 aromatic heterocycles. The summed E-state index contributed by atoms with van der Waals surface area (Å²) in [6.45, 7) is 3.24. The zero-order chi connectivity index (χ0) is 10.6. The molecule has 0 saturated carbocycles. The molecule has 1 N–H and O–H groups in total. The number of rotatable bonds is 3. The molecule has 0 bridgehead atoms. The maximum Gasteiger partial charge on any atom is 0.274 e. The largest absolute Gasteiger partial charge is 0.307 e. The molecular weight excluding hydrogens is 186 g/mol. The minimum Gasteiger partial charge on any atom is -0.307 e. The van der Waals surface area contributed by atoms with E-state index in [2.05, 4.69) is 16.9 Å². The normalized spacial score (nSPS) is 9.14. The Morgan fingerprint density at radius 3 is 3.00 bits per heavy atom. The smallest absolute Gasteiger partial charge is 0.274 e. The molecule has 0 fully saturated rings. The van der Waals surface area contributed by atoms with Gasteiger partial charge < -0.3 is 5.32 Å². The monoisotopic (exact) mass is 193 g/mol. The van der Waals surface area contributed by atoms with Gasteiger partial charge in [-0.25, -0.2) is 4.98 Å². The van der Waals surface area contributed by atoms with Gasteiger partial charge in [0.2, 0.25) is 5.91 Å². The van der Waals surface area contributed by atoms with E-state index in [-0.39, 0.29) is 11.5 Å². The van der Waals surface area contributed by atoms with Crippen molar-refractivity contribution >= 4 is 17.4 Å². The van der Waals surface area contributed by atoms with Crippen molar-refractivity contribution in [2.24, 2.45) is 0 Å². The predicted molar refractivity (Wildman–Crippen MR) is 49.7 cm³/mol. The van der Waals surface area contributed by atoms with E-state index < -0.39 is 10.8 Å². The number of anilines is 1. The number of amides is 1. The molecule has 1 heterocycles. The zero-order valence-electron chi connectivity index (χ0n) is 7.14. The number of nitro groups is 1. The summed E-state index contributed by atoms with van der Waals surface area (Å²) in [6, 6.07) is 2.41. The Balaban J connectivity index is 2.88. The van der Waals surface area contributed by atoms with Gasteiger partial charge in [0, 0.05) is 12.3 Å². The average molecular weight is 193 g/mol. The van der Waals surface area contributed by atoms with Gasteiger partial charge in [0.05, 0.1) is 11.0 Å². The van der Waals surface area contributed by atoms with E-state index in [4.69, 9.17) is 0 Å². The summed E-state index contributed by atoms with van der Waals surface area (Å²) in [5.74, 6) is -0.331. The van der Waals surface area contributed by atoms with E-state index in [1.54, 1.807) is 0 Å². The lowest BCUT2D eigenvalue weighted by Gasteiger charge is -1.99. The first-order valence-electron chi connectivity index (χ1n) is 3.67. The molecule has 0 saturated heterocycles. The zero-order valence-corrected chi connectivity index (χ0v) is 7.14. The highest BCUT2D eigenvalue weighted by atomic mass is 16.6. The Kier molecular flexibility index (Phi) is 2.90. The molecule has 6 heteroatoms. The molecule has 0 aliphatic carbocycles. The van der Waals surface area contributed by atoms with Crippen molar-refractivity contribution in [3.8, 4) is 0 Å². The van der Waals surface area contributed by atoms with E-state index in [0.29, 0.717) is 0 Å². The van der Waals surface area contributed by atoms with Crippen LogP contribution in [0.2, 0.25) is 0 Å². The van der Waals surface area contributed by atoms with Crippen LogP contribution >= 0.6 is 0 Å². The molecule has 0 radical (unpaired) electrons. The molecule has 1 aromatic rings. The number of nitrogens with one attached hydrogen (secondary N) is 1. The lowest BCUT2D eigenvalue weighted by molar-refractivity contribution is -0.384. The number of aromatic nitrogens is 1. The maximum absolute atomic E-state index is 10.8. The van der Waals surface area contributed by atoms with Crippen LogP contribution in [0.1, 0.15) is 0 Å². The molecule has 14 heavy (non-hydrogen) atoms. The van der Waals surface area contributed by atoms with Crippen LogP contribution in [-0.2, 0) is 4.79 Å². The van der Waals surface area contributed by atoms with Gasteiger partial charge in [-0.3, -0.25) is 14.9 Å². The van der Waals surface area contributed by atoms with Crippen molar-refractivity contribution in [2.75, 3.05) is 5.32 Å². The second-order valence-electron chi connectivity index (χ2n) is 2.35. The Morgan fingerprint density at radius 1 is 1.71 bits per heavy atom. The molecule has 1 rings (SSSR count). The molecule has 0 unspecified atom stereocenters. The third-order valence-corrected chi connectivity index (χ3v) is 1.39. The molecule has 0 aliphatic heterocycles. The van der Waals surface area contributed by atoms with Crippen LogP contribution in [0.25, 0.3) is 0 Å². The van der Waals surface area contributed by atoms with Crippen LogP contribution < -0.4 is 5.32 Å². The maximum atomic E-state index is 10.8. The molecular formula is C8H7N3O3. The lowest BCUT2D eigenvalue weighted by atomic mass is 10.4. The standard InChI is InChI=1S/C8H7N3O3/c1-2-8(12)10-7-5-6(11(13)14)3-4-9-7/h2-5H,1H2,(H,9,10,12). The number of nitrogens with zero attached hydrogens (tertiary/aromatic N) is 2. The van der Waals surface area contributed by atoms with Crippen molar-refractivity contribution in [1.29, 1.82) is 0 Å². The molecule has 0 aliphatic rings. The second kappa shape index (κ2) is 4.13. The fourth-order valence-corrected chi connectivity index (χ4v) is 0.779. The number of hydrogen-bond donors (Lipinski definition) is 1. The molecule has 0 atom stereocenters. The van der Waals surface area contributed by atoms with E-state index in [0.717, 1.165) is 6.08 Å². The summed E-state index contributed by atoms with van der Waals surface area (Å²) < 4.78 is 0. The predicted octanol–water partition coefficient (Wildman–Crippen LogP) is 1.11. The van der Waals surface area contributed by atoms with Gasteiger partial charge in [0.25, 0.3) is 5.69 Å². The third-order valence-electron chi connectivity index (χ3n) is 1.39. The van der Waals surface area contributed by atoms with Crippen LogP contribution in [0.4, 0.5) is 11.5 Å². The van der Waals surface area contributed by atoms with E-state index in [1.165, 1.54) is 18.3 Å². The molecule has 1 amide bonds. The van der Waals surface area contributed by atoms with Gasteiger partial charge >= 0.3 is 0 Å². The van der Waals surface area contributed by atoms with Crippen molar-refractivity contribution in [3.05, 3.63) is 41.1 Å². The highest BCUT2D eigenvalue weighted by molar-refractivity contribution is 5.98. The van der Waals surface area contributed by atoms with Crippen LogP contribution in [0.15, 0.2) is 31.0 Å². The first-order chi connectivity index (χ1) is 6.63. The minimum atomic E-state index is -0.564. The van der Waals surface area contributed by atoms with Crippen molar-refractivity contribution in [1.82, 2.24) is 4.98 Å². The summed E-state index contributed by atoms with van der Waals surface area (Å²) in [6.07, 6.45) is 2.30. The first-order valence-corrected chi connectivity index (χ1v) is 3.67. The summed E-state index contributed by atoms with van der Waals surface area (Å²) in [5.41, 5.74) is -0.126. The van der Waals surface area contributed by atoms with Crippen molar-refractivity contribution in [2.45, 2.75) is 0 Å².